The second-order valence-corrected chi connectivity index (χ2v) is 4.53. The number of ether oxygens (including phenoxy) is 1. The van der Waals surface area contributed by atoms with Gasteiger partial charge in [0.15, 0.2) is 0 Å². The van der Waals surface area contributed by atoms with Gasteiger partial charge in [-0.3, -0.25) is 4.79 Å². The number of carbonyl (C=O) groups is 2. The molecule has 6 heteroatoms. The highest BCUT2D eigenvalue weighted by molar-refractivity contribution is 6.31. The SMILES string of the molecule is Cc1cc(N(C)C(=O)C2COC(=O)N2)ccc1Cl. The van der Waals surface area contributed by atoms with Crippen molar-refractivity contribution in [3.05, 3.63) is 28.8 Å². The quantitative estimate of drug-likeness (QED) is 0.888. The number of alkyl carbamates (subject to hydrolysis) is 1. The third-order valence-corrected chi connectivity index (χ3v) is 3.25. The van der Waals surface area contributed by atoms with Crippen molar-refractivity contribution in [1.82, 2.24) is 5.32 Å². The summed E-state index contributed by atoms with van der Waals surface area (Å²) < 4.78 is 4.70. The molecule has 0 saturated carbocycles. The van der Waals surface area contributed by atoms with Crippen LogP contribution in [-0.2, 0) is 9.53 Å². The molecule has 1 aliphatic heterocycles. The maximum Gasteiger partial charge on any atom is 0.407 e. The molecule has 2 amide bonds. The van der Waals surface area contributed by atoms with Gasteiger partial charge < -0.3 is 15.0 Å². The van der Waals surface area contributed by atoms with Crippen LogP contribution in [-0.4, -0.2) is 31.7 Å². The summed E-state index contributed by atoms with van der Waals surface area (Å²) in [7, 11) is 1.65. The molecular formula is C12H13ClN2O3. The van der Waals surface area contributed by atoms with E-state index in [0.717, 1.165) is 11.3 Å². The number of nitrogens with zero attached hydrogens (tertiary/aromatic N) is 1. The van der Waals surface area contributed by atoms with Crippen molar-refractivity contribution in [1.29, 1.82) is 0 Å². The summed E-state index contributed by atoms with van der Waals surface area (Å²) in [5.74, 6) is -0.220. The zero-order chi connectivity index (χ0) is 13.3. The van der Waals surface area contributed by atoms with E-state index in [9.17, 15) is 9.59 Å². The minimum Gasteiger partial charge on any atom is -0.447 e. The van der Waals surface area contributed by atoms with Crippen LogP contribution >= 0.6 is 11.6 Å². The number of cyclic esters (lactones) is 1. The molecule has 0 aliphatic carbocycles. The number of aryl methyl sites for hydroxylation is 1. The Morgan fingerprint density at radius 2 is 2.28 bits per heavy atom. The Bertz CT molecular complexity index is 504. The summed E-state index contributed by atoms with van der Waals surface area (Å²) in [6, 6.07) is 4.68. The van der Waals surface area contributed by atoms with Crippen molar-refractivity contribution >= 4 is 29.3 Å². The molecule has 1 heterocycles. The van der Waals surface area contributed by atoms with Gasteiger partial charge in [0.1, 0.15) is 12.6 Å². The fourth-order valence-electron chi connectivity index (χ4n) is 1.72. The normalized spacial score (nSPS) is 18.2. The molecule has 1 saturated heterocycles. The van der Waals surface area contributed by atoms with Crippen molar-refractivity contribution < 1.29 is 14.3 Å². The van der Waals surface area contributed by atoms with Crippen LogP contribution in [0.3, 0.4) is 0 Å². The number of amides is 2. The maximum absolute atomic E-state index is 12.1. The van der Waals surface area contributed by atoms with E-state index < -0.39 is 12.1 Å². The second-order valence-electron chi connectivity index (χ2n) is 4.13. The van der Waals surface area contributed by atoms with Crippen LogP contribution in [0.2, 0.25) is 5.02 Å². The van der Waals surface area contributed by atoms with Crippen molar-refractivity contribution in [2.75, 3.05) is 18.6 Å². The van der Waals surface area contributed by atoms with E-state index in [1.807, 2.05) is 13.0 Å². The van der Waals surface area contributed by atoms with Crippen LogP contribution in [0.4, 0.5) is 10.5 Å². The Hall–Kier alpha value is -1.75. The first-order chi connectivity index (χ1) is 8.49. The highest BCUT2D eigenvalue weighted by Gasteiger charge is 2.31. The van der Waals surface area contributed by atoms with Gasteiger partial charge in [0.25, 0.3) is 5.91 Å². The van der Waals surface area contributed by atoms with E-state index in [4.69, 9.17) is 16.3 Å². The predicted molar refractivity (Wildman–Crippen MR) is 67.9 cm³/mol. The van der Waals surface area contributed by atoms with Crippen LogP contribution in [0.1, 0.15) is 5.56 Å². The highest BCUT2D eigenvalue weighted by Crippen LogP contribution is 2.22. The third-order valence-electron chi connectivity index (χ3n) is 2.83. The zero-order valence-corrected chi connectivity index (χ0v) is 10.8. The van der Waals surface area contributed by atoms with Gasteiger partial charge in [0.2, 0.25) is 0 Å². The molecule has 1 aliphatic rings. The first-order valence-electron chi connectivity index (χ1n) is 5.46. The minimum absolute atomic E-state index is 0.0641. The summed E-state index contributed by atoms with van der Waals surface area (Å²) >= 11 is 5.93. The van der Waals surface area contributed by atoms with Crippen molar-refractivity contribution in [3.8, 4) is 0 Å². The Kier molecular flexibility index (Phi) is 3.43. The molecule has 0 aromatic heterocycles. The van der Waals surface area contributed by atoms with Gasteiger partial charge in [-0.05, 0) is 30.7 Å². The summed E-state index contributed by atoms with van der Waals surface area (Å²) in [5.41, 5.74) is 1.61. The Labute approximate surface area is 110 Å². The molecule has 1 unspecified atom stereocenters. The van der Waals surface area contributed by atoms with Crippen LogP contribution in [0.15, 0.2) is 18.2 Å². The number of anilines is 1. The van der Waals surface area contributed by atoms with Crippen LogP contribution < -0.4 is 10.2 Å². The van der Waals surface area contributed by atoms with Crippen LogP contribution in [0.25, 0.3) is 0 Å². The van der Waals surface area contributed by atoms with Gasteiger partial charge in [0.05, 0.1) is 0 Å². The van der Waals surface area contributed by atoms with E-state index >= 15 is 0 Å². The number of hydrogen-bond acceptors (Lipinski definition) is 3. The molecule has 18 heavy (non-hydrogen) atoms. The Morgan fingerprint density at radius 1 is 1.56 bits per heavy atom. The molecule has 0 bridgehead atoms. The van der Waals surface area contributed by atoms with Gasteiger partial charge in [-0.1, -0.05) is 11.6 Å². The van der Waals surface area contributed by atoms with E-state index in [2.05, 4.69) is 5.32 Å². The van der Waals surface area contributed by atoms with E-state index in [1.165, 1.54) is 4.90 Å². The largest absolute Gasteiger partial charge is 0.447 e. The number of benzene rings is 1. The van der Waals surface area contributed by atoms with Crippen molar-refractivity contribution in [2.24, 2.45) is 0 Å². The van der Waals surface area contributed by atoms with E-state index in [-0.39, 0.29) is 12.5 Å². The average Bonchev–Trinajstić information content (AvgIpc) is 2.77. The summed E-state index contributed by atoms with van der Waals surface area (Å²) in [6.07, 6.45) is -0.561. The fraction of sp³-hybridized carbons (Fsp3) is 0.333. The fourth-order valence-corrected chi connectivity index (χ4v) is 1.83. The summed E-state index contributed by atoms with van der Waals surface area (Å²) in [5, 5.41) is 3.10. The lowest BCUT2D eigenvalue weighted by atomic mass is 10.2. The number of hydrogen-bond donors (Lipinski definition) is 1. The predicted octanol–water partition coefficient (Wildman–Crippen LogP) is 1.72. The standard InChI is InChI=1S/C12H13ClN2O3/c1-7-5-8(3-4-9(7)13)15(2)11(16)10-6-18-12(17)14-10/h3-5,10H,6H2,1-2H3,(H,14,17). The number of carbonyl (C=O) groups excluding carboxylic acids is 2. The van der Waals surface area contributed by atoms with Crippen LogP contribution in [0, 0.1) is 6.92 Å². The number of nitrogens with one attached hydrogen (secondary N) is 1. The minimum atomic E-state index is -0.626. The molecule has 1 aromatic rings. The van der Waals surface area contributed by atoms with Gasteiger partial charge >= 0.3 is 6.09 Å². The molecule has 96 valence electrons. The molecule has 5 nitrogen and oxygen atoms in total. The molecule has 1 fully saturated rings. The summed E-state index contributed by atoms with van der Waals surface area (Å²) in [6.45, 7) is 1.93. The third kappa shape index (κ3) is 2.41. The first-order valence-corrected chi connectivity index (χ1v) is 5.84. The highest BCUT2D eigenvalue weighted by atomic mass is 35.5. The molecule has 0 radical (unpaired) electrons. The lowest BCUT2D eigenvalue weighted by Gasteiger charge is -2.20. The van der Waals surface area contributed by atoms with Gasteiger partial charge in [0, 0.05) is 17.8 Å². The molecular weight excluding hydrogens is 256 g/mol. The Balaban J connectivity index is 2.15. The lowest BCUT2D eigenvalue weighted by Crippen LogP contribution is -2.44. The number of likely N-dealkylation sites (N-methyl/N-ethyl adjacent to an activating group) is 1. The lowest BCUT2D eigenvalue weighted by molar-refractivity contribution is -0.120. The first kappa shape index (κ1) is 12.7. The smallest absolute Gasteiger partial charge is 0.407 e. The van der Waals surface area contributed by atoms with E-state index in [1.54, 1.807) is 19.2 Å². The molecule has 1 aromatic carbocycles. The van der Waals surface area contributed by atoms with Crippen molar-refractivity contribution in [2.45, 2.75) is 13.0 Å². The van der Waals surface area contributed by atoms with E-state index in [0.29, 0.717) is 5.02 Å². The topological polar surface area (TPSA) is 58.6 Å². The number of halogens is 1. The zero-order valence-electron chi connectivity index (χ0n) is 10.1. The molecule has 2 rings (SSSR count). The summed E-state index contributed by atoms with van der Waals surface area (Å²) in [4.78, 5) is 24.5. The monoisotopic (exact) mass is 268 g/mol. The molecule has 1 atom stereocenters. The van der Waals surface area contributed by atoms with Gasteiger partial charge in [-0.25, -0.2) is 4.79 Å². The average molecular weight is 269 g/mol. The van der Waals surface area contributed by atoms with Crippen molar-refractivity contribution in [3.63, 3.8) is 0 Å². The molecule has 0 spiro atoms. The second kappa shape index (κ2) is 4.86. The van der Waals surface area contributed by atoms with Gasteiger partial charge in [-0.2, -0.15) is 0 Å². The van der Waals surface area contributed by atoms with Crippen LogP contribution in [0.5, 0.6) is 0 Å². The number of rotatable bonds is 2. The Morgan fingerprint density at radius 3 is 2.83 bits per heavy atom. The maximum atomic E-state index is 12.1. The molecule has 1 N–H and O–H groups in total. The van der Waals surface area contributed by atoms with Gasteiger partial charge in [-0.15, -0.1) is 0 Å².